The lowest BCUT2D eigenvalue weighted by Gasteiger charge is -2.12. The Bertz CT molecular complexity index is 847. The Morgan fingerprint density at radius 2 is 2.00 bits per heavy atom. The Morgan fingerprint density at radius 1 is 1.27 bits per heavy atom. The van der Waals surface area contributed by atoms with E-state index < -0.39 is 22.5 Å². The molecule has 0 fully saturated rings. The Kier molecular flexibility index (Phi) is 6.12. The van der Waals surface area contributed by atoms with Crippen molar-refractivity contribution >= 4 is 34.6 Å². The van der Waals surface area contributed by atoms with Gasteiger partial charge in [0.1, 0.15) is 10.4 Å². The summed E-state index contributed by atoms with van der Waals surface area (Å²) in [6, 6.07) is 3.86. The molecule has 0 saturated carbocycles. The predicted molar refractivity (Wildman–Crippen MR) is 94.4 cm³/mol. The number of esters is 1. The SMILES string of the molecule is CCOc1cc([N+](=O)[O-])c(C(=O)Nc2ccsc2C(=O)OC)cc1OC. The van der Waals surface area contributed by atoms with Crippen LogP contribution in [0.2, 0.25) is 0 Å². The van der Waals surface area contributed by atoms with E-state index in [4.69, 9.17) is 9.47 Å². The van der Waals surface area contributed by atoms with Crippen molar-refractivity contribution in [3.63, 3.8) is 0 Å². The van der Waals surface area contributed by atoms with Crippen LogP contribution in [0, 0.1) is 10.1 Å². The van der Waals surface area contributed by atoms with Gasteiger partial charge in [-0.3, -0.25) is 14.9 Å². The lowest BCUT2D eigenvalue weighted by atomic mass is 10.1. The molecule has 1 heterocycles. The van der Waals surface area contributed by atoms with Crippen molar-refractivity contribution in [1.29, 1.82) is 0 Å². The molecule has 0 aliphatic heterocycles. The van der Waals surface area contributed by atoms with Gasteiger partial charge in [0.2, 0.25) is 0 Å². The molecule has 1 aromatic carbocycles. The minimum Gasteiger partial charge on any atom is -0.493 e. The highest BCUT2D eigenvalue weighted by molar-refractivity contribution is 7.12. The number of amides is 1. The van der Waals surface area contributed by atoms with Crippen molar-refractivity contribution in [2.45, 2.75) is 6.92 Å². The lowest BCUT2D eigenvalue weighted by molar-refractivity contribution is -0.385. The third-order valence-corrected chi connectivity index (χ3v) is 4.20. The van der Waals surface area contributed by atoms with Crippen LogP contribution in [0.25, 0.3) is 0 Å². The van der Waals surface area contributed by atoms with Crippen LogP contribution in [0.1, 0.15) is 27.0 Å². The van der Waals surface area contributed by atoms with Crippen molar-refractivity contribution in [1.82, 2.24) is 0 Å². The maximum atomic E-state index is 12.6. The normalized spacial score (nSPS) is 10.1. The first kappa shape index (κ1) is 19.2. The topological polar surface area (TPSA) is 117 Å². The molecule has 0 spiro atoms. The number of anilines is 1. The van der Waals surface area contributed by atoms with Gasteiger partial charge in [-0.05, 0) is 18.4 Å². The smallest absolute Gasteiger partial charge is 0.350 e. The van der Waals surface area contributed by atoms with Gasteiger partial charge in [-0.25, -0.2) is 4.79 Å². The van der Waals surface area contributed by atoms with E-state index in [0.29, 0.717) is 0 Å². The van der Waals surface area contributed by atoms with Crippen LogP contribution >= 0.6 is 11.3 Å². The summed E-state index contributed by atoms with van der Waals surface area (Å²) in [6.07, 6.45) is 0. The van der Waals surface area contributed by atoms with Crippen molar-refractivity contribution in [2.24, 2.45) is 0 Å². The number of methoxy groups -OCH3 is 2. The zero-order valence-corrected chi connectivity index (χ0v) is 15.0. The average molecular weight is 380 g/mol. The molecule has 26 heavy (non-hydrogen) atoms. The summed E-state index contributed by atoms with van der Waals surface area (Å²) in [6.45, 7) is 1.99. The zero-order valence-electron chi connectivity index (χ0n) is 14.2. The summed E-state index contributed by atoms with van der Waals surface area (Å²) >= 11 is 1.08. The van der Waals surface area contributed by atoms with Crippen molar-refractivity contribution < 1.29 is 28.7 Å². The highest BCUT2D eigenvalue weighted by Crippen LogP contribution is 2.35. The van der Waals surface area contributed by atoms with Gasteiger partial charge in [0, 0.05) is 6.07 Å². The van der Waals surface area contributed by atoms with Crippen LogP contribution in [0.15, 0.2) is 23.6 Å². The molecule has 0 bridgehead atoms. The fourth-order valence-electron chi connectivity index (χ4n) is 2.16. The van der Waals surface area contributed by atoms with Gasteiger partial charge in [0.05, 0.1) is 37.5 Å². The van der Waals surface area contributed by atoms with E-state index in [9.17, 15) is 19.7 Å². The van der Waals surface area contributed by atoms with E-state index in [1.807, 2.05) is 0 Å². The Hall–Kier alpha value is -3.14. The van der Waals surface area contributed by atoms with E-state index in [0.717, 1.165) is 17.4 Å². The van der Waals surface area contributed by atoms with Crippen molar-refractivity contribution in [2.75, 3.05) is 26.1 Å². The van der Waals surface area contributed by atoms with E-state index in [2.05, 4.69) is 10.1 Å². The van der Waals surface area contributed by atoms with Gasteiger partial charge in [0.25, 0.3) is 11.6 Å². The predicted octanol–water partition coefficient (Wildman–Crippen LogP) is 3.10. The molecular weight excluding hydrogens is 364 g/mol. The maximum absolute atomic E-state index is 12.6. The quantitative estimate of drug-likeness (QED) is 0.445. The number of benzene rings is 1. The first-order valence-corrected chi connectivity index (χ1v) is 8.27. The van der Waals surface area contributed by atoms with Gasteiger partial charge in [-0.1, -0.05) is 0 Å². The largest absolute Gasteiger partial charge is 0.493 e. The number of nitro groups is 1. The Labute approximate surface area is 152 Å². The standard InChI is InChI=1S/C16H16N2O7S/c1-4-25-13-8-11(18(21)22)9(7-12(13)23-2)15(19)17-10-5-6-26-14(10)16(20)24-3/h5-8H,4H2,1-3H3,(H,17,19). The summed E-state index contributed by atoms with van der Waals surface area (Å²) < 4.78 is 15.1. The first-order valence-electron chi connectivity index (χ1n) is 7.39. The maximum Gasteiger partial charge on any atom is 0.350 e. The lowest BCUT2D eigenvalue weighted by Crippen LogP contribution is -2.16. The molecule has 9 nitrogen and oxygen atoms in total. The second-order valence-corrected chi connectivity index (χ2v) is 5.74. The number of ether oxygens (including phenoxy) is 3. The van der Waals surface area contributed by atoms with Gasteiger partial charge in [0.15, 0.2) is 11.5 Å². The molecule has 0 aliphatic carbocycles. The molecule has 0 saturated heterocycles. The second kappa shape index (κ2) is 8.30. The van der Waals surface area contributed by atoms with Gasteiger partial charge >= 0.3 is 5.97 Å². The van der Waals surface area contributed by atoms with E-state index in [1.165, 1.54) is 26.4 Å². The van der Waals surface area contributed by atoms with Gasteiger partial charge in [-0.15, -0.1) is 11.3 Å². The van der Waals surface area contributed by atoms with E-state index in [1.54, 1.807) is 12.3 Å². The number of hydrogen-bond acceptors (Lipinski definition) is 8. The fourth-order valence-corrected chi connectivity index (χ4v) is 2.92. The summed E-state index contributed by atoms with van der Waals surface area (Å²) in [5.74, 6) is -1.04. The van der Waals surface area contributed by atoms with Gasteiger partial charge in [-0.2, -0.15) is 0 Å². The molecule has 0 unspecified atom stereocenters. The summed E-state index contributed by atoms with van der Waals surface area (Å²) in [5.41, 5.74) is -0.465. The van der Waals surface area contributed by atoms with Crippen molar-refractivity contribution in [3.8, 4) is 11.5 Å². The third-order valence-electron chi connectivity index (χ3n) is 3.31. The second-order valence-electron chi connectivity index (χ2n) is 4.82. The average Bonchev–Trinajstić information content (AvgIpc) is 3.08. The summed E-state index contributed by atoms with van der Waals surface area (Å²) in [7, 11) is 2.58. The number of nitrogens with zero attached hydrogens (tertiary/aromatic N) is 1. The molecule has 1 amide bonds. The summed E-state index contributed by atoms with van der Waals surface area (Å²) in [4.78, 5) is 35.1. The molecule has 1 N–H and O–H groups in total. The van der Waals surface area contributed by atoms with Gasteiger partial charge < -0.3 is 19.5 Å². The highest BCUT2D eigenvalue weighted by Gasteiger charge is 2.26. The number of hydrogen-bond donors (Lipinski definition) is 1. The number of nitro benzene ring substituents is 1. The minimum absolute atomic E-state index is 0.157. The van der Waals surface area contributed by atoms with Crippen LogP contribution in [-0.4, -0.2) is 37.6 Å². The van der Waals surface area contributed by atoms with Crippen LogP contribution < -0.4 is 14.8 Å². The summed E-state index contributed by atoms with van der Waals surface area (Å²) in [5, 5.41) is 15.4. The first-order chi connectivity index (χ1) is 12.4. The third kappa shape index (κ3) is 3.91. The number of carbonyl (C=O) groups excluding carboxylic acids is 2. The molecule has 2 rings (SSSR count). The van der Waals surface area contributed by atoms with Crippen LogP contribution in [0.5, 0.6) is 11.5 Å². The molecule has 1 aromatic heterocycles. The number of carbonyl (C=O) groups is 2. The van der Waals surface area contributed by atoms with Crippen LogP contribution in [0.4, 0.5) is 11.4 Å². The molecule has 0 atom stereocenters. The highest BCUT2D eigenvalue weighted by atomic mass is 32.1. The van der Waals surface area contributed by atoms with Crippen LogP contribution in [-0.2, 0) is 4.74 Å². The molecular formula is C16H16N2O7S. The number of nitrogens with one attached hydrogen (secondary N) is 1. The number of rotatable bonds is 7. The van der Waals surface area contributed by atoms with Crippen molar-refractivity contribution in [3.05, 3.63) is 44.1 Å². The molecule has 10 heteroatoms. The minimum atomic E-state index is -0.762. The molecule has 2 aromatic rings. The fraction of sp³-hybridized carbons (Fsp3) is 0.250. The van der Waals surface area contributed by atoms with Crippen LogP contribution in [0.3, 0.4) is 0 Å². The monoisotopic (exact) mass is 380 g/mol. The Balaban J connectivity index is 2.43. The zero-order chi connectivity index (χ0) is 19.3. The number of thiophene rings is 1. The molecule has 0 radical (unpaired) electrons. The van der Waals surface area contributed by atoms with E-state index >= 15 is 0 Å². The Morgan fingerprint density at radius 3 is 2.58 bits per heavy atom. The molecule has 0 aliphatic rings. The molecule has 138 valence electrons. The van der Waals surface area contributed by atoms with E-state index in [-0.39, 0.29) is 34.2 Å².